The third kappa shape index (κ3) is 2.17. The molecule has 2 aromatic rings. The lowest BCUT2D eigenvalue weighted by Gasteiger charge is -2.19. The van der Waals surface area contributed by atoms with Gasteiger partial charge in [-0.1, -0.05) is 25.1 Å². The molecule has 3 heteroatoms. The Balaban J connectivity index is 2.02. The lowest BCUT2D eigenvalue weighted by molar-refractivity contribution is -0.130. The minimum Gasteiger partial charge on any atom is -0.342 e. The van der Waals surface area contributed by atoms with Gasteiger partial charge >= 0.3 is 0 Å². The Labute approximate surface area is 119 Å². The molecule has 0 spiro atoms. The molecule has 1 amide bonds. The van der Waals surface area contributed by atoms with Gasteiger partial charge in [0.15, 0.2) is 0 Å². The van der Waals surface area contributed by atoms with Gasteiger partial charge in [0.05, 0.1) is 5.52 Å². The molecule has 1 aliphatic heterocycles. The van der Waals surface area contributed by atoms with Crippen molar-refractivity contribution in [2.75, 3.05) is 13.1 Å². The zero-order valence-electron chi connectivity index (χ0n) is 12.1. The highest BCUT2D eigenvalue weighted by molar-refractivity contribution is 5.83. The molecule has 3 nitrogen and oxygen atoms in total. The number of aryl methyl sites for hydroxylation is 1. The highest BCUT2D eigenvalue weighted by Gasteiger charge is 2.20. The van der Waals surface area contributed by atoms with Crippen LogP contribution < -0.4 is 0 Å². The van der Waals surface area contributed by atoms with E-state index in [1.807, 2.05) is 17.9 Å². The quantitative estimate of drug-likeness (QED) is 0.796. The fourth-order valence-corrected chi connectivity index (χ4v) is 3.09. The lowest BCUT2D eigenvalue weighted by atomic mass is 9.99. The van der Waals surface area contributed by atoms with Crippen LogP contribution in [-0.4, -0.2) is 28.9 Å². The van der Waals surface area contributed by atoms with Crippen LogP contribution in [0.2, 0.25) is 0 Å². The zero-order valence-corrected chi connectivity index (χ0v) is 12.1. The molecule has 0 bridgehead atoms. The van der Waals surface area contributed by atoms with Crippen LogP contribution >= 0.6 is 0 Å². The molecule has 0 radical (unpaired) electrons. The summed E-state index contributed by atoms with van der Waals surface area (Å²) in [5, 5.41) is 1.24. The summed E-state index contributed by atoms with van der Waals surface area (Å²) in [6.07, 6.45) is 2.38. The average molecular weight is 268 g/mol. The van der Waals surface area contributed by atoms with Crippen LogP contribution in [0.1, 0.15) is 30.2 Å². The highest BCUT2D eigenvalue weighted by Crippen LogP contribution is 2.25. The molecule has 0 unspecified atom stereocenters. The van der Waals surface area contributed by atoms with Crippen LogP contribution in [0.5, 0.6) is 0 Å². The molecule has 3 rings (SSSR count). The van der Waals surface area contributed by atoms with Gasteiger partial charge in [-0.2, -0.15) is 0 Å². The number of hydrogen-bond acceptors (Lipinski definition) is 2. The van der Waals surface area contributed by atoms with Crippen LogP contribution in [-0.2, 0) is 17.6 Å². The van der Waals surface area contributed by atoms with Gasteiger partial charge in [-0.3, -0.25) is 9.78 Å². The highest BCUT2D eigenvalue weighted by atomic mass is 16.2. The number of nitrogens with zero attached hydrogens (tertiary/aromatic N) is 2. The van der Waals surface area contributed by atoms with E-state index in [0.29, 0.717) is 6.42 Å². The van der Waals surface area contributed by atoms with Crippen molar-refractivity contribution in [3.8, 4) is 0 Å². The van der Waals surface area contributed by atoms with Crippen molar-refractivity contribution in [3.05, 3.63) is 41.1 Å². The lowest BCUT2D eigenvalue weighted by Crippen LogP contribution is -2.32. The number of aromatic nitrogens is 1. The molecular formula is C17H20N2O. The van der Waals surface area contributed by atoms with Crippen molar-refractivity contribution in [2.45, 2.75) is 33.1 Å². The fraction of sp³-hybridized carbons (Fsp3) is 0.412. The first-order valence-corrected chi connectivity index (χ1v) is 7.35. The van der Waals surface area contributed by atoms with Crippen LogP contribution in [0, 0.1) is 6.92 Å². The smallest absolute Gasteiger partial charge is 0.222 e. The molecule has 20 heavy (non-hydrogen) atoms. The van der Waals surface area contributed by atoms with Crippen LogP contribution in [0.3, 0.4) is 0 Å². The van der Waals surface area contributed by atoms with Crippen molar-refractivity contribution in [1.82, 2.24) is 9.88 Å². The number of fused-ring (bicyclic) bond motifs is 2. The van der Waals surface area contributed by atoms with E-state index in [1.165, 1.54) is 22.2 Å². The number of hydrogen-bond donors (Lipinski definition) is 0. The van der Waals surface area contributed by atoms with Gasteiger partial charge in [0.1, 0.15) is 0 Å². The second-order valence-electron chi connectivity index (χ2n) is 5.41. The number of pyridine rings is 1. The molecule has 104 valence electrons. The summed E-state index contributed by atoms with van der Waals surface area (Å²) in [6.45, 7) is 5.73. The Morgan fingerprint density at radius 1 is 1.25 bits per heavy atom. The maximum atomic E-state index is 11.9. The predicted octanol–water partition coefficient (Wildman–Crippen LogP) is 2.88. The minimum atomic E-state index is 0.250. The third-order valence-electron chi connectivity index (χ3n) is 4.27. The molecule has 0 saturated heterocycles. The van der Waals surface area contributed by atoms with E-state index in [1.54, 1.807) is 0 Å². The van der Waals surface area contributed by atoms with E-state index >= 15 is 0 Å². The summed E-state index contributed by atoms with van der Waals surface area (Å²) >= 11 is 0. The number of benzene rings is 1. The summed E-state index contributed by atoms with van der Waals surface area (Å²) < 4.78 is 0. The first-order valence-electron chi connectivity index (χ1n) is 7.35. The number of carbonyl (C=O) groups excluding carboxylic acids is 1. The number of para-hydroxylation sites is 1. The van der Waals surface area contributed by atoms with Crippen molar-refractivity contribution in [1.29, 1.82) is 0 Å². The summed E-state index contributed by atoms with van der Waals surface area (Å²) in [4.78, 5) is 18.7. The maximum absolute atomic E-state index is 11.9. The van der Waals surface area contributed by atoms with E-state index in [0.717, 1.165) is 31.4 Å². The van der Waals surface area contributed by atoms with E-state index < -0.39 is 0 Å². The van der Waals surface area contributed by atoms with E-state index in [-0.39, 0.29) is 5.91 Å². The fourth-order valence-electron chi connectivity index (χ4n) is 3.09. The van der Waals surface area contributed by atoms with Crippen LogP contribution in [0.4, 0.5) is 0 Å². The largest absolute Gasteiger partial charge is 0.342 e. The van der Waals surface area contributed by atoms with Gasteiger partial charge in [0.2, 0.25) is 5.91 Å². The van der Waals surface area contributed by atoms with Crippen molar-refractivity contribution >= 4 is 16.8 Å². The third-order valence-corrected chi connectivity index (χ3v) is 4.27. The molecular weight excluding hydrogens is 248 g/mol. The number of rotatable bonds is 1. The molecule has 0 saturated carbocycles. The molecule has 0 N–H and O–H groups in total. The van der Waals surface area contributed by atoms with Crippen LogP contribution in [0.15, 0.2) is 24.3 Å². The Morgan fingerprint density at radius 2 is 2.00 bits per heavy atom. The van der Waals surface area contributed by atoms with Crippen molar-refractivity contribution in [3.63, 3.8) is 0 Å². The Bertz CT molecular complexity index is 663. The van der Waals surface area contributed by atoms with Gasteiger partial charge in [-0.15, -0.1) is 0 Å². The average Bonchev–Trinajstić information content (AvgIpc) is 2.69. The topological polar surface area (TPSA) is 33.2 Å². The first kappa shape index (κ1) is 13.1. The SMILES string of the molecule is CCC(=O)N1CCc2nc3ccccc3c(C)c2CC1. The Morgan fingerprint density at radius 3 is 2.80 bits per heavy atom. The van der Waals surface area contributed by atoms with E-state index in [9.17, 15) is 4.79 Å². The summed E-state index contributed by atoms with van der Waals surface area (Å²) in [6, 6.07) is 8.30. The molecule has 1 aromatic heterocycles. The number of amides is 1. The maximum Gasteiger partial charge on any atom is 0.222 e. The van der Waals surface area contributed by atoms with E-state index in [2.05, 4.69) is 25.1 Å². The molecule has 1 aromatic carbocycles. The predicted molar refractivity (Wildman–Crippen MR) is 80.8 cm³/mol. The van der Waals surface area contributed by atoms with E-state index in [4.69, 9.17) is 4.98 Å². The second kappa shape index (κ2) is 5.23. The molecule has 0 aliphatic carbocycles. The summed E-state index contributed by atoms with van der Waals surface area (Å²) in [5.41, 5.74) is 4.91. The van der Waals surface area contributed by atoms with Gasteiger partial charge in [0, 0.05) is 37.0 Å². The summed E-state index contributed by atoms with van der Waals surface area (Å²) in [7, 11) is 0. The minimum absolute atomic E-state index is 0.250. The molecule has 0 atom stereocenters. The van der Waals surface area contributed by atoms with Gasteiger partial charge < -0.3 is 4.90 Å². The Hall–Kier alpha value is -1.90. The summed E-state index contributed by atoms with van der Waals surface area (Å²) in [5.74, 6) is 0.250. The zero-order chi connectivity index (χ0) is 14.1. The number of carbonyl (C=O) groups is 1. The van der Waals surface area contributed by atoms with Gasteiger partial charge in [-0.05, 0) is 30.5 Å². The molecule has 2 heterocycles. The normalized spacial score (nSPS) is 15.0. The second-order valence-corrected chi connectivity index (χ2v) is 5.41. The molecule has 1 aliphatic rings. The van der Waals surface area contributed by atoms with Gasteiger partial charge in [-0.25, -0.2) is 0 Å². The standard InChI is InChI=1S/C17H20N2O/c1-3-17(20)19-10-8-14-12(2)13-6-4-5-7-15(13)18-16(14)9-11-19/h4-7H,3,8-11H2,1-2H3. The van der Waals surface area contributed by atoms with Crippen molar-refractivity contribution < 1.29 is 4.79 Å². The first-order chi connectivity index (χ1) is 9.70. The van der Waals surface area contributed by atoms with Crippen LogP contribution in [0.25, 0.3) is 10.9 Å². The van der Waals surface area contributed by atoms with Gasteiger partial charge in [0.25, 0.3) is 0 Å². The monoisotopic (exact) mass is 268 g/mol. The van der Waals surface area contributed by atoms with Crippen molar-refractivity contribution in [2.24, 2.45) is 0 Å². The molecule has 0 fully saturated rings. The Kier molecular flexibility index (Phi) is 3.43.